The van der Waals surface area contributed by atoms with Gasteiger partial charge >= 0.3 is 5.97 Å². The second-order valence-electron chi connectivity index (χ2n) is 4.33. The number of carboxylic acid groups (broad SMARTS) is 1. The molecule has 16 heavy (non-hydrogen) atoms. The van der Waals surface area contributed by atoms with Crippen molar-refractivity contribution in [3.8, 4) is 5.75 Å². The van der Waals surface area contributed by atoms with Crippen LogP contribution in [0.2, 0.25) is 5.02 Å². The van der Waals surface area contributed by atoms with Crippen molar-refractivity contribution in [3.63, 3.8) is 0 Å². The van der Waals surface area contributed by atoms with E-state index in [0.29, 0.717) is 17.2 Å². The van der Waals surface area contributed by atoms with Crippen LogP contribution >= 0.6 is 11.6 Å². The van der Waals surface area contributed by atoms with Crippen molar-refractivity contribution in [3.05, 3.63) is 28.8 Å². The first kappa shape index (κ1) is 12.8. The second-order valence-corrected chi connectivity index (χ2v) is 4.74. The fourth-order valence-electron chi connectivity index (χ4n) is 1.40. The molecule has 0 bridgehead atoms. The van der Waals surface area contributed by atoms with E-state index in [1.807, 2.05) is 6.07 Å². The number of halogens is 1. The van der Waals surface area contributed by atoms with Crippen molar-refractivity contribution in [1.29, 1.82) is 0 Å². The minimum atomic E-state index is -0.818. The Kier molecular flexibility index (Phi) is 3.81. The number of ether oxygens (including phenoxy) is 1. The number of hydrogen-bond acceptors (Lipinski definition) is 2. The van der Waals surface area contributed by atoms with Gasteiger partial charge in [0.25, 0.3) is 0 Å². The van der Waals surface area contributed by atoms with Gasteiger partial charge in [-0.05, 0) is 38.0 Å². The first-order valence-corrected chi connectivity index (χ1v) is 5.30. The third-order valence-electron chi connectivity index (χ3n) is 2.44. The lowest BCUT2D eigenvalue weighted by molar-refractivity contribution is -0.146. The van der Waals surface area contributed by atoms with Gasteiger partial charge < -0.3 is 9.84 Å². The molecule has 1 rings (SSSR count). The molecule has 3 nitrogen and oxygen atoms in total. The van der Waals surface area contributed by atoms with Crippen molar-refractivity contribution >= 4 is 17.6 Å². The monoisotopic (exact) mass is 242 g/mol. The zero-order valence-corrected chi connectivity index (χ0v) is 10.3. The van der Waals surface area contributed by atoms with Gasteiger partial charge in [0.15, 0.2) is 0 Å². The highest BCUT2D eigenvalue weighted by Gasteiger charge is 2.27. The van der Waals surface area contributed by atoms with Crippen LogP contribution in [-0.4, -0.2) is 18.2 Å². The Hall–Kier alpha value is -1.22. The molecule has 88 valence electrons. The van der Waals surface area contributed by atoms with E-state index in [9.17, 15) is 4.79 Å². The summed E-state index contributed by atoms with van der Waals surface area (Å²) in [6.07, 6.45) is 0.440. The summed E-state index contributed by atoms with van der Waals surface area (Å²) in [5.41, 5.74) is 0.104. The van der Waals surface area contributed by atoms with Gasteiger partial charge in [0.1, 0.15) is 5.75 Å². The van der Waals surface area contributed by atoms with Crippen LogP contribution in [0, 0.1) is 5.41 Å². The Morgan fingerprint density at radius 2 is 2.12 bits per heavy atom. The quantitative estimate of drug-likeness (QED) is 0.883. The molecule has 0 aliphatic heterocycles. The summed E-state index contributed by atoms with van der Waals surface area (Å²) in [6.45, 7) is 3.38. The lowest BCUT2D eigenvalue weighted by atomic mass is 9.86. The standard InChI is InChI=1S/C12H15ClO3/c1-12(2,11(14)15)7-8-4-5-9(13)10(6-8)16-3/h4-6H,7H2,1-3H3,(H,14,15). The Morgan fingerprint density at radius 3 is 2.62 bits per heavy atom. The summed E-state index contributed by atoms with van der Waals surface area (Å²) in [7, 11) is 1.54. The summed E-state index contributed by atoms with van der Waals surface area (Å²) in [5, 5.41) is 9.55. The molecular formula is C12H15ClO3. The van der Waals surface area contributed by atoms with Crippen LogP contribution in [0.4, 0.5) is 0 Å². The van der Waals surface area contributed by atoms with Gasteiger partial charge in [-0.2, -0.15) is 0 Å². The van der Waals surface area contributed by atoms with E-state index < -0.39 is 11.4 Å². The molecule has 1 aromatic carbocycles. The number of methoxy groups -OCH3 is 1. The molecule has 0 heterocycles. The third-order valence-corrected chi connectivity index (χ3v) is 2.75. The average Bonchev–Trinajstić information content (AvgIpc) is 2.20. The molecule has 0 aliphatic carbocycles. The molecule has 0 amide bonds. The van der Waals surface area contributed by atoms with E-state index in [1.165, 1.54) is 7.11 Å². The van der Waals surface area contributed by atoms with Crippen LogP contribution in [0.25, 0.3) is 0 Å². The van der Waals surface area contributed by atoms with Gasteiger partial charge in [0.2, 0.25) is 0 Å². The summed E-state index contributed by atoms with van der Waals surface area (Å²) < 4.78 is 5.08. The van der Waals surface area contributed by atoms with Crippen LogP contribution in [0.1, 0.15) is 19.4 Å². The van der Waals surface area contributed by atoms with Crippen LogP contribution < -0.4 is 4.74 Å². The van der Waals surface area contributed by atoms with Crippen LogP contribution in [0.15, 0.2) is 18.2 Å². The molecule has 0 fully saturated rings. The van der Waals surface area contributed by atoms with Gasteiger partial charge in [-0.15, -0.1) is 0 Å². The van der Waals surface area contributed by atoms with E-state index in [0.717, 1.165) is 5.56 Å². The largest absolute Gasteiger partial charge is 0.495 e. The highest BCUT2D eigenvalue weighted by Crippen LogP contribution is 2.29. The number of rotatable bonds is 4. The van der Waals surface area contributed by atoms with Gasteiger partial charge in [-0.1, -0.05) is 17.7 Å². The van der Waals surface area contributed by atoms with Crippen molar-refractivity contribution in [2.24, 2.45) is 5.41 Å². The van der Waals surface area contributed by atoms with Crippen LogP contribution in [-0.2, 0) is 11.2 Å². The number of carboxylic acids is 1. The number of aliphatic carboxylic acids is 1. The summed E-state index contributed by atoms with van der Waals surface area (Å²) in [6, 6.07) is 5.30. The van der Waals surface area contributed by atoms with Crippen molar-refractivity contribution < 1.29 is 14.6 Å². The molecule has 0 atom stereocenters. The first-order valence-electron chi connectivity index (χ1n) is 4.92. The normalized spacial score (nSPS) is 11.2. The zero-order valence-electron chi connectivity index (χ0n) is 9.58. The second kappa shape index (κ2) is 4.74. The molecule has 4 heteroatoms. The van der Waals surface area contributed by atoms with E-state index in [-0.39, 0.29) is 0 Å². The molecule has 0 spiro atoms. The maximum absolute atomic E-state index is 11.0. The zero-order chi connectivity index (χ0) is 12.3. The number of hydrogen-bond donors (Lipinski definition) is 1. The minimum Gasteiger partial charge on any atom is -0.495 e. The van der Waals surface area contributed by atoms with E-state index in [1.54, 1.807) is 26.0 Å². The topological polar surface area (TPSA) is 46.5 Å². The lowest BCUT2D eigenvalue weighted by Crippen LogP contribution is -2.26. The molecule has 0 aromatic heterocycles. The van der Waals surface area contributed by atoms with E-state index in [2.05, 4.69) is 0 Å². The maximum Gasteiger partial charge on any atom is 0.309 e. The molecule has 0 radical (unpaired) electrons. The SMILES string of the molecule is COc1cc(CC(C)(C)C(=O)O)ccc1Cl. The van der Waals surface area contributed by atoms with Gasteiger partial charge in [0, 0.05) is 0 Å². The maximum atomic E-state index is 11.0. The Morgan fingerprint density at radius 1 is 1.50 bits per heavy atom. The Balaban J connectivity index is 2.94. The minimum absolute atomic E-state index is 0.440. The lowest BCUT2D eigenvalue weighted by Gasteiger charge is -2.19. The smallest absolute Gasteiger partial charge is 0.309 e. The summed E-state index contributed by atoms with van der Waals surface area (Å²) >= 11 is 5.89. The first-order chi connectivity index (χ1) is 7.36. The van der Waals surface area contributed by atoms with E-state index in [4.69, 9.17) is 21.4 Å². The highest BCUT2D eigenvalue weighted by atomic mass is 35.5. The van der Waals surface area contributed by atoms with Crippen molar-refractivity contribution in [1.82, 2.24) is 0 Å². The molecule has 0 unspecified atom stereocenters. The fraction of sp³-hybridized carbons (Fsp3) is 0.417. The van der Waals surface area contributed by atoms with Crippen molar-refractivity contribution in [2.75, 3.05) is 7.11 Å². The average molecular weight is 243 g/mol. The molecule has 0 aliphatic rings. The van der Waals surface area contributed by atoms with Crippen molar-refractivity contribution in [2.45, 2.75) is 20.3 Å². The Bertz CT molecular complexity index is 399. The highest BCUT2D eigenvalue weighted by molar-refractivity contribution is 6.32. The van der Waals surface area contributed by atoms with Crippen LogP contribution in [0.5, 0.6) is 5.75 Å². The van der Waals surface area contributed by atoms with Gasteiger partial charge in [-0.25, -0.2) is 0 Å². The van der Waals surface area contributed by atoms with Gasteiger partial charge in [0.05, 0.1) is 17.5 Å². The van der Waals surface area contributed by atoms with Crippen LogP contribution in [0.3, 0.4) is 0 Å². The summed E-state index contributed by atoms with van der Waals surface area (Å²) in [4.78, 5) is 11.0. The third kappa shape index (κ3) is 2.89. The number of carbonyl (C=O) groups is 1. The summed E-state index contributed by atoms with van der Waals surface area (Å²) in [5.74, 6) is -0.248. The van der Waals surface area contributed by atoms with Gasteiger partial charge in [-0.3, -0.25) is 4.79 Å². The molecule has 0 saturated heterocycles. The predicted molar refractivity (Wildman–Crippen MR) is 63.1 cm³/mol. The fourth-order valence-corrected chi connectivity index (χ4v) is 1.59. The molecule has 1 aromatic rings. The molecule has 0 saturated carbocycles. The Labute approximate surface area is 100.0 Å². The molecular weight excluding hydrogens is 228 g/mol. The van der Waals surface area contributed by atoms with E-state index >= 15 is 0 Å². The molecule has 1 N–H and O–H groups in total. The predicted octanol–water partition coefficient (Wildman–Crippen LogP) is 3.00. The number of benzene rings is 1.